The van der Waals surface area contributed by atoms with Gasteiger partial charge in [0.15, 0.2) is 0 Å². The summed E-state index contributed by atoms with van der Waals surface area (Å²) in [7, 11) is 0. The van der Waals surface area contributed by atoms with Crippen molar-refractivity contribution >= 4 is 51.1 Å². The minimum atomic E-state index is -1.19. The predicted molar refractivity (Wildman–Crippen MR) is 97.6 cm³/mol. The fraction of sp³-hybridized carbons (Fsp3) is 0.118. The van der Waals surface area contributed by atoms with E-state index in [2.05, 4.69) is 31.9 Å². The fourth-order valence-electron chi connectivity index (χ4n) is 2.53. The summed E-state index contributed by atoms with van der Waals surface area (Å²) in [6, 6.07) is 11.1. The highest BCUT2D eigenvalue weighted by atomic mass is 79.9. The number of anilines is 1. The van der Waals surface area contributed by atoms with Crippen molar-refractivity contribution in [1.82, 2.24) is 10.6 Å². The third kappa shape index (κ3) is 3.38. The molecule has 0 aromatic heterocycles. The smallest absolute Gasteiger partial charge is 0.322 e. The van der Waals surface area contributed by atoms with Gasteiger partial charge < -0.3 is 10.6 Å². The molecule has 128 valence electrons. The van der Waals surface area contributed by atoms with Gasteiger partial charge in [-0.05, 0) is 42.8 Å². The van der Waals surface area contributed by atoms with E-state index < -0.39 is 17.5 Å². The summed E-state index contributed by atoms with van der Waals surface area (Å²) < 4.78 is 0.770. The molecule has 0 bridgehead atoms. The van der Waals surface area contributed by atoms with Crippen LogP contribution < -0.4 is 16.0 Å². The molecule has 1 atom stereocenters. The lowest BCUT2D eigenvalue weighted by Gasteiger charge is -2.21. The first-order valence-corrected chi connectivity index (χ1v) is 8.47. The highest BCUT2D eigenvalue weighted by Crippen LogP contribution is 2.27. The zero-order valence-corrected chi connectivity index (χ0v) is 15.4. The van der Waals surface area contributed by atoms with Crippen LogP contribution in [0.4, 0.5) is 10.5 Å². The largest absolute Gasteiger partial charge is 0.322 e. The van der Waals surface area contributed by atoms with Gasteiger partial charge in [-0.2, -0.15) is 0 Å². The number of nitrogens with one attached hydrogen (secondary N) is 3. The van der Waals surface area contributed by atoms with Crippen molar-refractivity contribution in [3.05, 3.63) is 63.1 Å². The molecule has 0 radical (unpaired) electrons. The maximum atomic E-state index is 12.4. The summed E-state index contributed by atoms with van der Waals surface area (Å²) in [4.78, 5) is 35.9. The molecule has 2 aromatic carbocycles. The molecule has 0 saturated carbocycles. The average Bonchev–Trinajstić information content (AvgIpc) is 2.81. The topological polar surface area (TPSA) is 87.3 Å². The minimum absolute atomic E-state index is 0.317. The molecule has 25 heavy (non-hydrogen) atoms. The van der Waals surface area contributed by atoms with E-state index in [1.807, 2.05) is 0 Å². The summed E-state index contributed by atoms with van der Waals surface area (Å²) in [5.41, 5.74) is 0.174. The standard InChI is InChI=1S/C17H13BrClN3O3/c1-17(15(24)21-16(25)22-17)9-3-2-4-11(7-9)20-14(23)12-6-5-10(18)8-13(12)19/h2-8H,1H3,(H,20,23)(H2,21,22,24,25). The number of halogens is 2. The van der Waals surface area contributed by atoms with Crippen LogP contribution in [0.3, 0.4) is 0 Å². The molecule has 8 heteroatoms. The minimum Gasteiger partial charge on any atom is -0.322 e. The van der Waals surface area contributed by atoms with Gasteiger partial charge in [0.1, 0.15) is 5.54 Å². The SMILES string of the molecule is CC1(c2cccc(NC(=O)c3ccc(Br)cc3Cl)c2)NC(=O)NC1=O. The van der Waals surface area contributed by atoms with Crippen molar-refractivity contribution in [2.45, 2.75) is 12.5 Å². The molecule has 6 nitrogen and oxygen atoms in total. The van der Waals surface area contributed by atoms with Gasteiger partial charge in [-0.3, -0.25) is 14.9 Å². The van der Waals surface area contributed by atoms with Crippen molar-refractivity contribution in [2.75, 3.05) is 5.32 Å². The lowest BCUT2D eigenvalue weighted by Crippen LogP contribution is -2.40. The Morgan fingerprint density at radius 1 is 1.20 bits per heavy atom. The zero-order chi connectivity index (χ0) is 18.2. The number of hydrogen-bond acceptors (Lipinski definition) is 3. The highest BCUT2D eigenvalue weighted by Gasteiger charge is 2.43. The van der Waals surface area contributed by atoms with Crippen LogP contribution in [0, 0.1) is 0 Å². The lowest BCUT2D eigenvalue weighted by molar-refractivity contribution is -0.123. The Bertz CT molecular complexity index is 902. The van der Waals surface area contributed by atoms with E-state index in [1.54, 1.807) is 49.4 Å². The molecule has 0 spiro atoms. The molecule has 1 aliphatic heterocycles. The quantitative estimate of drug-likeness (QED) is 0.663. The van der Waals surface area contributed by atoms with E-state index in [1.165, 1.54) is 0 Å². The molecule has 1 aliphatic rings. The van der Waals surface area contributed by atoms with Crippen molar-refractivity contribution < 1.29 is 14.4 Å². The number of benzene rings is 2. The Hall–Kier alpha value is -2.38. The van der Waals surface area contributed by atoms with Gasteiger partial charge in [0.25, 0.3) is 11.8 Å². The number of amides is 4. The molecular weight excluding hydrogens is 410 g/mol. The summed E-state index contributed by atoms with van der Waals surface area (Å²) in [5.74, 6) is -0.823. The molecule has 1 unspecified atom stereocenters. The van der Waals surface area contributed by atoms with Gasteiger partial charge in [0.05, 0.1) is 10.6 Å². The number of hydrogen-bond donors (Lipinski definition) is 3. The number of carbonyl (C=O) groups is 3. The third-order valence-electron chi connectivity index (χ3n) is 3.92. The van der Waals surface area contributed by atoms with Crippen LogP contribution >= 0.6 is 27.5 Å². The first kappa shape index (κ1) is 17.4. The Morgan fingerprint density at radius 3 is 2.60 bits per heavy atom. The molecule has 1 heterocycles. The van der Waals surface area contributed by atoms with E-state index >= 15 is 0 Å². The first-order valence-electron chi connectivity index (χ1n) is 7.30. The Balaban J connectivity index is 1.86. The van der Waals surface area contributed by atoms with Gasteiger partial charge >= 0.3 is 6.03 Å². The molecular formula is C17H13BrClN3O3. The second kappa shape index (κ2) is 6.50. The molecule has 1 saturated heterocycles. The zero-order valence-electron chi connectivity index (χ0n) is 13.0. The van der Waals surface area contributed by atoms with Gasteiger partial charge in [0, 0.05) is 10.2 Å². The van der Waals surface area contributed by atoms with Crippen LogP contribution in [0.15, 0.2) is 46.9 Å². The maximum absolute atomic E-state index is 12.4. The van der Waals surface area contributed by atoms with Gasteiger partial charge in [-0.1, -0.05) is 39.7 Å². The lowest BCUT2D eigenvalue weighted by atomic mass is 9.92. The predicted octanol–water partition coefficient (Wildman–Crippen LogP) is 3.41. The Morgan fingerprint density at radius 2 is 1.96 bits per heavy atom. The van der Waals surface area contributed by atoms with Crippen molar-refractivity contribution in [3.8, 4) is 0 Å². The summed E-state index contributed by atoms with van der Waals surface area (Å²) in [6.07, 6.45) is 0. The number of rotatable bonds is 3. The average molecular weight is 423 g/mol. The second-order valence-corrected chi connectivity index (χ2v) is 7.02. The van der Waals surface area contributed by atoms with Gasteiger partial charge in [-0.15, -0.1) is 0 Å². The van der Waals surface area contributed by atoms with Crippen LogP contribution in [0.5, 0.6) is 0 Å². The van der Waals surface area contributed by atoms with Crippen molar-refractivity contribution in [2.24, 2.45) is 0 Å². The van der Waals surface area contributed by atoms with Crippen LogP contribution in [-0.4, -0.2) is 17.8 Å². The maximum Gasteiger partial charge on any atom is 0.322 e. The van der Waals surface area contributed by atoms with E-state index in [0.717, 1.165) is 4.47 Å². The molecule has 3 N–H and O–H groups in total. The Labute approximate surface area is 157 Å². The van der Waals surface area contributed by atoms with E-state index in [0.29, 0.717) is 21.8 Å². The summed E-state index contributed by atoms with van der Waals surface area (Å²) in [6.45, 7) is 1.60. The number of imide groups is 1. The van der Waals surface area contributed by atoms with Gasteiger partial charge in [0.2, 0.25) is 0 Å². The first-order chi connectivity index (χ1) is 11.8. The van der Waals surface area contributed by atoms with Crippen molar-refractivity contribution in [1.29, 1.82) is 0 Å². The Kier molecular flexibility index (Phi) is 4.53. The van der Waals surface area contributed by atoms with Crippen LogP contribution in [0.2, 0.25) is 5.02 Å². The monoisotopic (exact) mass is 421 g/mol. The molecule has 2 aromatic rings. The van der Waals surface area contributed by atoms with E-state index in [-0.39, 0.29) is 5.91 Å². The molecule has 3 rings (SSSR count). The van der Waals surface area contributed by atoms with Crippen LogP contribution in [0.1, 0.15) is 22.8 Å². The highest BCUT2D eigenvalue weighted by molar-refractivity contribution is 9.10. The molecule has 1 fully saturated rings. The van der Waals surface area contributed by atoms with Crippen LogP contribution in [0.25, 0.3) is 0 Å². The molecule has 4 amide bonds. The molecule has 0 aliphatic carbocycles. The fourth-order valence-corrected chi connectivity index (χ4v) is 3.29. The summed E-state index contributed by atoms with van der Waals surface area (Å²) >= 11 is 9.38. The number of carbonyl (C=O) groups excluding carboxylic acids is 3. The van der Waals surface area contributed by atoms with Gasteiger partial charge in [-0.25, -0.2) is 4.79 Å². The third-order valence-corrected chi connectivity index (χ3v) is 4.72. The normalized spacial score (nSPS) is 19.3. The second-order valence-electron chi connectivity index (χ2n) is 5.69. The summed E-state index contributed by atoms with van der Waals surface area (Å²) in [5, 5.41) is 7.85. The van der Waals surface area contributed by atoms with E-state index in [4.69, 9.17) is 11.6 Å². The van der Waals surface area contributed by atoms with Crippen molar-refractivity contribution in [3.63, 3.8) is 0 Å². The van der Waals surface area contributed by atoms with Crippen LogP contribution in [-0.2, 0) is 10.3 Å². The number of urea groups is 1. The van der Waals surface area contributed by atoms with E-state index in [9.17, 15) is 14.4 Å².